The van der Waals surface area contributed by atoms with Gasteiger partial charge in [0.1, 0.15) is 0 Å². The Hall–Kier alpha value is -2.93. The number of aromatic nitrogens is 1. The maximum atomic E-state index is 12.7. The average Bonchev–Trinajstić information content (AvgIpc) is 3.44. The molecule has 32 heavy (non-hydrogen) atoms. The van der Waals surface area contributed by atoms with Crippen molar-refractivity contribution in [1.82, 2.24) is 20.1 Å². The molecule has 0 spiro atoms. The molecule has 5 rings (SSSR count). The minimum atomic E-state index is -0.00660. The zero-order chi connectivity index (χ0) is 21.9. The number of amides is 3. The normalized spacial score (nSPS) is 17.3. The summed E-state index contributed by atoms with van der Waals surface area (Å²) >= 11 is 1.78. The molecule has 3 heterocycles. The Morgan fingerprint density at radius 2 is 1.88 bits per heavy atom. The van der Waals surface area contributed by atoms with Crippen LogP contribution >= 0.6 is 11.3 Å². The van der Waals surface area contributed by atoms with Crippen molar-refractivity contribution in [2.75, 3.05) is 19.6 Å². The fraction of sp³-hybridized carbons (Fsp3) is 0.400. The van der Waals surface area contributed by atoms with Gasteiger partial charge >= 0.3 is 6.03 Å². The van der Waals surface area contributed by atoms with E-state index < -0.39 is 0 Å². The van der Waals surface area contributed by atoms with E-state index in [1.165, 1.54) is 9.71 Å². The number of carbonyl (C=O) groups is 2. The van der Waals surface area contributed by atoms with E-state index in [0.717, 1.165) is 55.5 Å². The fourth-order valence-electron chi connectivity index (χ4n) is 4.61. The highest BCUT2D eigenvalue weighted by Crippen LogP contribution is 2.33. The van der Waals surface area contributed by atoms with Gasteiger partial charge in [-0.05, 0) is 42.5 Å². The van der Waals surface area contributed by atoms with Gasteiger partial charge in [-0.3, -0.25) is 4.79 Å². The molecule has 3 aromatic rings. The van der Waals surface area contributed by atoms with Crippen molar-refractivity contribution in [2.45, 2.75) is 44.7 Å². The van der Waals surface area contributed by atoms with Gasteiger partial charge in [-0.1, -0.05) is 36.4 Å². The van der Waals surface area contributed by atoms with Gasteiger partial charge in [-0.2, -0.15) is 0 Å². The molecule has 2 aliphatic rings. The molecule has 6 nitrogen and oxygen atoms in total. The third-order valence-electron chi connectivity index (χ3n) is 6.42. The van der Waals surface area contributed by atoms with E-state index in [4.69, 9.17) is 4.98 Å². The first kappa shape index (κ1) is 20.9. The molecule has 1 N–H and O–H groups in total. The van der Waals surface area contributed by atoms with Crippen LogP contribution in [-0.4, -0.2) is 46.4 Å². The second-order valence-corrected chi connectivity index (χ2v) is 9.74. The van der Waals surface area contributed by atoms with E-state index in [0.29, 0.717) is 25.4 Å². The van der Waals surface area contributed by atoms with Gasteiger partial charge < -0.3 is 15.1 Å². The molecule has 0 bridgehead atoms. The lowest BCUT2D eigenvalue weighted by Gasteiger charge is -2.31. The number of hydrogen-bond acceptors (Lipinski definition) is 4. The van der Waals surface area contributed by atoms with Crippen LogP contribution in [0.5, 0.6) is 0 Å². The predicted octanol–water partition coefficient (Wildman–Crippen LogP) is 4.51. The first-order valence-electron chi connectivity index (χ1n) is 11.4. The molecule has 2 aliphatic heterocycles. The summed E-state index contributed by atoms with van der Waals surface area (Å²) in [7, 11) is 0. The number of carbonyl (C=O) groups excluding carboxylic acids is 2. The van der Waals surface area contributed by atoms with E-state index >= 15 is 0 Å². The molecular formula is C25H28N4O2S. The standard InChI is InChI=1S/C25H28N4O2S/c30-23-9-4-12-29(23)17-19-6-3-5-18(15-19)16-26-25(31)28-13-10-20(11-14-28)24-27-21-7-1-2-8-22(21)32-24/h1-3,5-8,15,20H,4,9-14,16-17H2,(H,26,31). The Morgan fingerprint density at radius 1 is 1.06 bits per heavy atom. The fourth-order valence-corrected chi connectivity index (χ4v) is 5.75. The van der Waals surface area contributed by atoms with Gasteiger partial charge in [0.2, 0.25) is 5.91 Å². The van der Waals surface area contributed by atoms with Gasteiger partial charge in [0.25, 0.3) is 0 Å². The lowest BCUT2D eigenvalue weighted by Crippen LogP contribution is -2.43. The number of fused-ring (bicyclic) bond motifs is 1. The number of benzene rings is 2. The first-order valence-corrected chi connectivity index (χ1v) is 12.2. The highest BCUT2D eigenvalue weighted by atomic mass is 32.1. The predicted molar refractivity (Wildman–Crippen MR) is 126 cm³/mol. The number of rotatable bonds is 5. The SMILES string of the molecule is O=C1CCCN1Cc1cccc(CNC(=O)N2CCC(c3nc4ccccc4s3)CC2)c1. The van der Waals surface area contributed by atoms with Crippen LogP contribution < -0.4 is 5.32 Å². The van der Waals surface area contributed by atoms with Crippen LogP contribution in [0.2, 0.25) is 0 Å². The molecule has 2 fully saturated rings. The zero-order valence-corrected chi connectivity index (χ0v) is 18.9. The molecule has 1 aromatic heterocycles. The molecule has 0 saturated carbocycles. The molecule has 0 aliphatic carbocycles. The quantitative estimate of drug-likeness (QED) is 0.625. The number of piperidine rings is 1. The van der Waals surface area contributed by atoms with Gasteiger partial charge in [0.15, 0.2) is 0 Å². The maximum absolute atomic E-state index is 12.7. The summed E-state index contributed by atoms with van der Waals surface area (Å²) in [6.07, 6.45) is 3.51. The number of thiazole rings is 1. The molecule has 7 heteroatoms. The van der Waals surface area contributed by atoms with Gasteiger partial charge in [-0.15, -0.1) is 11.3 Å². The molecule has 2 saturated heterocycles. The Kier molecular flexibility index (Phi) is 6.08. The summed E-state index contributed by atoms with van der Waals surface area (Å²) in [5.74, 6) is 0.666. The number of para-hydroxylation sites is 1. The summed E-state index contributed by atoms with van der Waals surface area (Å²) < 4.78 is 1.24. The number of hydrogen-bond donors (Lipinski definition) is 1. The second-order valence-electron chi connectivity index (χ2n) is 8.68. The summed E-state index contributed by atoms with van der Waals surface area (Å²) in [6, 6.07) is 16.4. The van der Waals surface area contributed by atoms with Crippen molar-refractivity contribution < 1.29 is 9.59 Å². The van der Waals surface area contributed by atoms with Crippen LogP contribution in [0.25, 0.3) is 10.2 Å². The van der Waals surface area contributed by atoms with Crippen molar-refractivity contribution in [1.29, 1.82) is 0 Å². The molecule has 166 valence electrons. The van der Waals surface area contributed by atoms with Gasteiger partial charge in [0, 0.05) is 45.1 Å². The summed E-state index contributed by atoms with van der Waals surface area (Å²) in [6.45, 7) is 3.50. The smallest absolute Gasteiger partial charge is 0.317 e. The Bertz CT molecular complexity index is 1090. The summed E-state index contributed by atoms with van der Waals surface area (Å²) in [5, 5.41) is 4.26. The van der Waals surface area contributed by atoms with Crippen molar-refractivity contribution in [2.24, 2.45) is 0 Å². The van der Waals surface area contributed by atoms with E-state index in [-0.39, 0.29) is 11.9 Å². The van der Waals surface area contributed by atoms with Gasteiger partial charge in [-0.25, -0.2) is 9.78 Å². The zero-order valence-electron chi connectivity index (χ0n) is 18.1. The average molecular weight is 449 g/mol. The van der Waals surface area contributed by atoms with E-state index in [1.807, 2.05) is 34.1 Å². The lowest BCUT2D eigenvalue weighted by molar-refractivity contribution is -0.128. The van der Waals surface area contributed by atoms with Crippen LogP contribution in [0.15, 0.2) is 48.5 Å². The minimum absolute atomic E-state index is 0.00660. The second kappa shape index (κ2) is 9.28. The number of nitrogens with one attached hydrogen (secondary N) is 1. The highest BCUT2D eigenvalue weighted by Gasteiger charge is 2.26. The van der Waals surface area contributed by atoms with E-state index in [9.17, 15) is 9.59 Å². The van der Waals surface area contributed by atoms with Crippen LogP contribution in [0.4, 0.5) is 4.79 Å². The van der Waals surface area contributed by atoms with Crippen molar-refractivity contribution in [3.05, 3.63) is 64.7 Å². The largest absolute Gasteiger partial charge is 0.338 e. The monoisotopic (exact) mass is 448 g/mol. The van der Waals surface area contributed by atoms with Crippen molar-refractivity contribution in [3.8, 4) is 0 Å². The Balaban J connectivity index is 1.12. The van der Waals surface area contributed by atoms with E-state index in [1.54, 1.807) is 11.3 Å². The molecule has 0 radical (unpaired) electrons. The van der Waals surface area contributed by atoms with Gasteiger partial charge in [0.05, 0.1) is 15.2 Å². The summed E-state index contributed by atoms with van der Waals surface area (Å²) in [4.78, 5) is 33.2. The number of likely N-dealkylation sites (tertiary alicyclic amines) is 2. The molecule has 0 atom stereocenters. The number of urea groups is 1. The first-order chi connectivity index (χ1) is 15.7. The Labute approximate surface area is 192 Å². The van der Waals surface area contributed by atoms with Crippen molar-refractivity contribution >= 4 is 33.5 Å². The van der Waals surface area contributed by atoms with Crippen LogP contribution in [0.3, 0.4) is 0 Å². The molecule has 3 amide bonds. The van der Waals surface area contributed by atoms with Crippen molar-refractivity contribution in [3.63, 3.8) is 0 Å². The third kappa shape index (κ3) is 4.63. The van der Waals surface area contributed by atoms with Crippen LogP contribution in [0, 0.1) is 0 Å². The van der Waals surface area contributed by atoms with Crippen LogP contribution in [0.1, 0.15) is 47.7 Å². The molecule has 0 unspecified atom stereocenters. The van der Waals surface area contributed by atoms with Crippen LogP contribution in [-0.2, 0) is 17.9 Å². The maximum Gasteiger partial charge on any atom is 0.317 e. The molecule has 2 aromatic carbocycles. The molecular weight excluding hydrogens is 420 g/mol. The lowest BCUT2D eigenvalue weighted by atomic mass is 9.98. The third-order valence-corrected chi connectivity index (χ3v) is 7.62. The number of nitrogens with zero attached hydrogens (tertiary/aromatic N) is 3. The summed E-state index contributed by atoms with van der Waals surface area (Å²) in [5.41, 5.74) is 3.25. The minimum Gasteiger partial charge on any atom is -0.338 e. The van der Waals surface area contributed by atoms with E-state index in [2.05, 4.69) is 29.6 Å². The Morgan fingerprint density at radius 3 is 2.66 bits per heavy atom. The highest BCUT2D eigenvalue weighted by molar-refractivity contribution is 7.18. The topological polar surface area (TPSA) is 65.5 Å².